The van der Waals surface area contributed by atoms with E-state index in [1.54, 1.807) is 0 Å². The second kappa shape index (κ2) is 14.2. The van der Waals surface area contributed by atoms with E-state index in [0.717, 1.165) is 22.6 Å². The summed E-state index contributed by atoms with van der Waals surface area (Å²) in [5.74, 6) is 0. The average molecular weight is 654 g/mol. The lowest BCUT2D eigenvalue weighted by molar-refractivity contribution is 1.29. The number of rotatable bonds is 8. The second-order valence-electron chi connectivity index (χ2n) is 13.1. The van der Waals surface area contributed by atoms with Crippen molar-refractivity contribution in [1.82, 2.24) is 0 Å². The van der Waals surface area contributed by atoms with Gasteiger partial charge in [-0.1, -0.05) is 181 Å². The number of fused-ring (bicyclic) bond motifs is 1. The van der Waals surface area contributed by atoms with E-state index in [0.29, 0.717) is 0 Å². The van der Waals surface area contributed by atoms with Crippen LogP contribution in [0.25, 0.3) is 33.0 Å². The van der Waals surface area contributed by atoms with Crippen molar-refractivity contribution in [3.63, 3.8) is 0 Å². The monoisotopic (exact) mass is 653 g/mol. The summed E-state index contributed by atoms with van der Waals surface area (Å²) >= 11 is 0. The molecule has 0 amide bonds. The third kappa shape index (κ3) is 6.63. The minimum absolute atomic E-state index is 1.10. The minimum Gasteiger partial charge on any atom is -0.310 e. The van der Waals surface area contributed by atoms with Gasteiger partial charge >= 0.3 is 0 Å². The van der Waals surface area contributed by atoms with E-state index in [-0.39, 0.29) is 0 Å². The summed E-state index contributed by atoms with van der Waals surface area (Å²) in [5, 5.41) is 2.43. The molecule has 1 nitrogen and oxygen atoms in total. The van der Waals surface area contributed by atoms with E-state index in [9.17, 15) is 0 Å². The number of benzene rings is 8. The van der Waals surface area contributed by atoms with Crippen LogP contribution in [0.2, 0.25) is 0 Å². The van der Waals surface area contributed by atoms with E-state index in [1.165, 1.54) is 60.9 Å². The smallest absolute Gasteiger partial charge is 0.0540 e. The molecule has 1 heteroatoms. The highest BCUT2D eigenvalue weighted by Gasteiger charge is 2.19. The summed E-state index contributed by atoms with van der Waals surface area (Å²) in [5.41, 5.74) is 15.4. The van der Waals surface area contributed by atoms with Gasteiger partial charge in [0.15, 0.2) is 0 Å². The van der Waals surface area contributed by atoms with Crippen molar-refractivity contribution in [2.45, 2.75) is 13.8 Å². The van der Waals surface area contributed by atoms with Gasteiger partial charge in [-0.05, 0) is 94.1 Å². The quantitative estimate of drug-likeness (QED) is 0.148. The Hall–Kier alpha value is -6.44. The highest BCUT2D eigenvalue weighted by atomic mass is 15.1. The van der Waals surface area contributed by atoms with Crippen LogP contribution in [0, 0.1) is 13.8 Å². The molecule has 0 aliphatic heterocycles. The first kappa shape index (κ1) is 31.8. The summed E-state index contributed by atoms with van der Waals surface area (Å²) in [6, 6.07) is 72.5. The van der Waals surface area contributed by atoms with E-state index >= 15 is 0 Å². The molecule has 0 radical (unpaired) electrons. The Balaban J connectivity index is 1.30. The van der Waals surface area contributed by atoms with Crippen LogP contribution in [0.4, 0.5) is 17.1 Å². The maximum absolute atomic E-state index is 2.38. The van der Waals surface area contributed by atoms with E-state index in [1.807, 2.05) is 0 Å². The molecule has 244 valence electrons. The van der Waals surface area contributed by atoms with Crippen LogP contribution in [0.5, 0.6) is 0 Å². The van der Waals surface area contributed by atoms with Gasteiger partial charge < -0.3 is 4.90 Å². The molecule has 0 saturated heterocycles. The summed E-state index contributed by atoms with van der Waals surface area (Å²) in [6.45, 7) is 4.27. The Morgan fingerprint density at radius 3 is 1.27 bits per heavy atom. The first-order chi connectivity index (χ1) is 25.1. The minimum atomic E-state index is 1.10. The van der Waals surface area contributed by atoms with Crippen molar-refractivity contribution in [2.24, 2.45) is 0 Å². The van der Waals surface area contributed by atoms with Gasteiger partial charge in [-0.2, -0.15) is 0 Å². The zero-order valence-electron chi connectivity index (χ0n) is 29.0. The van der Waals surface area contributed by atoms with Crippen LogP contribution in [-0.2, 0) is 0 Å². The number of nitrogens with zero attached hydrogens (tertiary/aromatic N) is 1. The van der Waals surface area contributed by atoms with Crippen LogP contribution in [-0.4, -0.2) is 0 Å². The van der Waals surface area contributed by atoms with Gasteiger partial charge in [0, 0.05) is 16.8 Å². The molecule has 0 spiro atoms. The standard InChI is InChI=1S/C50H39N/c1-36-20-24-38(25-21-36)39-28-32-45(33-29-39)51(48-19-11-17-40-12-9-10-18-47(40)48)46-34-30-44(31-35-46)50(42-15-7-4-8-16-42)49(41-13-5-3-6-14-41)43-26-22-37(2)23-27-43/h3-35H,1-2H3. The van der Waals surface area contributed by atoms with Crippen LogP contribution in [0.1, 0.15) is 33.4 Å². The molecular formula is C50H39N. The van der Waals surface area contributed by atoms with Crippen LogP contribution in [0.15, 0.2) is 200 Å². The highest BCUT2D eigenvalue weighted by molar-refractivity contribution is 6.05. The Morgan fingerprint density at radius 2 is 0.725 bits per heavy atom. The molecule has 8 aromatic carbocycles. The van der Waals surface area contributed by atoms with Gasteiger partial charge in [-0.25, -0.2) is 0 Å². The Morgan fingerprint density at radius 1 is 0.333 bits per heavy atom. The van der Waals surface area contributed by atoms with Gasteiger partial charge in [0.1, 0.15) is 0 Å². The molecule has 0 aliphatic rings. The molecule has 0 heterocycles. The van der Waals surface area contributed by atoms with E-state index in [2.05, 4.69) is 219 Å². The first-order valence-electron chi connectivity index (χ1n) is 17.6. The Kier molecular flexibility index (Phi) is 8.85. The number of anilines is 3. The van der Waals surface area contributed by atoms with Gasteiger partial charge in [0.2, 0.25) is 0 Å². The van der Waals surface area contributed by atoms with Gasteiger partial charge in [-0.15, -0.1) is 0 Å². The molecule has 0 aliphatic carbocycles. The SMILES string of the molecule is Cc1ccc(C(=C(c2ccccc2)c2ccc(N(c3ccc(-c4ccc(C)cc4)cc3)c3cccc4ccccc34)cc2)c2ccccc2)cc1. The summed E-state index contributed by atoms with van der Waals surface area (Å²) in [6.07, 6.45) is 0. The number of hydrogen-bond donors (Lipinski definition) is 0. The van der Waals surface area contributed by atoms with Crippen molar-refractivity contribution in [1.29, 1.82) is 0 Å². The molecule has 0 aromatic heterocycles. The normalized spacial score (nSPS) is 11.6. The maximum atomic E-state index is 2.38. The predicted octanol–water partition coefficient (Wildman–Crippen LogP) is 13.6. The molecule has 0 bridgehead atoms. The summed E-state index contributed by atoms with van der Waals surface area (Å²) < 4.78 is 0. The van der Waals surface area contributed by atoms with Crippen LogP contribution >= 0.6 is 0 Å². The molecule has 8 rings (SSSR count). The number of aryl methyl sites for hydroxylation is 2. The lowest BCUT2D eigenvalue weighted by Gasteiger charge is -2.27. The van der Waals surface area contributed by atoms with Crippen LogP contribution in [0.3, 0.4) is 0 Å². The lowest BCUT2D eigenvalue weighted by Crippen LogP contribution is -2.10. The average Bonchev–Trinajstić information content (AvgIpc) is 3.19. The third-order valence-electron chi connectivity index (χ3n) is 9.65. The van der Waals surface area contributed by atoms with Gasteiger partial charge in [0.05, 0.1) is 5.69 Å². The Labute approximate surface area is 301 Å². The van der Waals surface area contributed by atoms with Crippen molar-refractivity contribution < 1.29 is 0 Å². The van der Waals surface area contributed by atoms with Crippen molar-refractivity contribution in [3.05, 3.63) is 234 Å². The first-order valence-corrected chi connectivity index (χ1v) is 17.6. The zero-order valence-corrected chi connectivity index (χ0v) is 29.0. The molecular weight excluding hydrogens is 615 g/mol. The fourth-order valence-corrected chi connectivity index (χ4v) is 7.00. The second-order valence-corrected chi connectivity index (χ2v) is 13.1. The summed E-state index contributed by atoms with van der Waals surface area (Å²) in [7, 11) is 0. The summed E-state index contributed by atoms with van der Waals surface area (Å²) in [4.78, 5) is 2.38. The molecule has 0 atom stereocenters. The molecule has 0 fully saturated rings. The highest BCUT2D eigenvalue weighted by Crippen LogP contribution is 2.42. The number of hydrogen-bond acceptors (Lipinski definition) is 1. The molecule has 8 aromatic rings. The molecule has 0 saturated carbocycles. The fourth-order valence-electron chi connectivity index (χ4n) is 7.00. The molecule has 0 unspecified atom stereocenters. The fraction of sp³-hybridized carbons (Fsp3) is 0.0400. The molecule has 51 heavy (non-hydrogen) atoms. The van der Waals surface area contributed by atoms with Gasteiger partial charge in [0.25, 0.3) is 0 Å². The lowest BCUT2D eigenvalue weighted by atomic mass is 9.85. The van der Waals surface area contributed by atoms with E-state index in [4.69, 9.17) is 0 Å². The largest absolute Gasteiger partial charge is 0.310 e. The zero-order chi connectivity index (χ0) is 34.6. The van der Waals surface area contributed by atoms with Gasteiger partial charge in [-0.3, -0.25) is 0 Å². The molecule has 0 N–H and O–H groups in total. The topological polar surface area (TPSA) is 3.24 Å². The van der Waals surface area contributed by atoms with Crippen molar-refractivity contribution in [3.8, 4) is 11.1 Å². The van der Waals surface area contributed by atoms with Crippen LogP contribution < -0.4 is 4.90 Å². The van der Waals surface area contributed by atoms with E-state index < -0.39 is 0 Å². The third-order valence-corrected chi connectivity index (χ3v) is 9.65. The maximum Gasteiger partial charge on any atom is 0.0540 e. The van der Waals surface area contributed by atoms with Crippen molar-refractivity contribution >= 4 is 39.0 Å². The Bertz CT molecular complexity index is 2420. The van der Waals surface area contributed by atoms with Crippen molar-refractivity contribution in [2.75, 3.05) is 4.90 Å². The predicted molar refractivity (Wildman–Crippen MR) is 218 cm³/mol.